The Hall–Kier alpha value is -1.36. The zero-order chi connectivity index (χ0) is 15.0. The van der Waals surface area contributed by atoms with Crippen molar-refractivity contribution in [1.82, 2.24) is 5.32 Å². The molecule has 0 saturated carbocycles. The fraction of sp³-hybridized carbons (Fsp3) is 0.600. The third-order valence-corrected chi connectivity index (χ3v) is 3.10. The lowest BCUT2D eigenvalue weighted by molar-refractivity contribution is -0.0514. The quantitative estimate of drug-likeness (QED) is 0.745. The second-order valence-corrected chi connectivity index (χ2v) is 4.49. The van der Waals surface area contributed by atoms with Gasteiger partial charge in [0.2, 0.25) is 0 Å². The van der Waals surface area contributed by atoms with Gasteiger partial charge >= 0.3 is 6.61 Å². The number of benzene rings is 1. The van der Waals surface area contributed by atoms with Crippen LogP contribution in [-0.2, 0) is 6.54 Å². The van der Waals surface area contributed by atoms with Gasteiger partial charge < -0.3 is 14.8 Å². The first-order valence-electron chi connectivity index (χ1n) is 7.04. The summed E-state index contributed by atoms with van der Waals surface area (Å²) in [4.78, 5) is 0. The second-order valence-electron chi connectivity index (χ2n) is 4.49. The van der Waals surface area contributed by atoms with Crippen molar-refractivity contribution in [1.29, 1.82) is 0 Å². The molecule has 5 heteroatoms. The Bertz CT molecular complexity index is 395. The number of nitrogens with one attached hydrogen (secondary N) is 1. The molecule has 0 atom stereocenters. The Balaban J connectivity index is 2.75. The lowest BCUT2D eigenvalue weighted by Crippen LogP contribution is -2.26. The molecule has 0 aromatic heterocycles. The van der Waals surface area contributed by atoms with Crippen LogP contribution in [-0.4, -0.2) is 19.3 Å². The molecular formula is C15H23F2NO2. The van der Waals surface area contributed by atoms with E-state index in [-0.39, 0.29) is 5.75 Å². The van der Waals surface area contributed by atoms with E-state index in [1.54, 1.807) is 19.1 Å². The van der Waals surface area contributed by atoms with Crippen molar-refractivity contribution in [3.8, 4) is 11.5 Å². The zero-order valence-electron chi connectivity index (χ0n) is 12.3. The third-order valence-electron chi connectivity index (χ3n) is 3.10. The Morgan fingerprint density at radius 3 is 2.35 bits per heavy atom. The van der Waals surface area contributed by atoms with Gasteiger partial charge in [-0.05, 0) is 37.5 Å². The fourth-order valence-corrected chi connectivity index (χ4v) is 1.96. The highest BCUT2D eigenvalue weighted by Gasteiger charge is 2.12. The first-order valence-corrected chi connectivity index (χ1v) is 7.04. The molecule has 1 rings (SSSR count). The van der Waals surface area contributed by atoms with Crippen molar-refractivity contribution in [2.75, 3.05) is 6.61 Å². The number of hydrogen-bond donors (Lipinski definition) is 1. The summed E-state index contributed by atoms with van der Waals surface area (Å²) in [5, 5.41) is 3.42. The molecule has 0 fully saturated rings. The first kappa shape index (κ1) is 16.7. The molecule has 0 aliphatic heterocycles. The lowest BCUT2D eigenvalue weighted by atomic mass is 10.1. The van der Waals surface area contributed by atoms with Gasteiger partial charge in [0.15, 0.2) is 11.5 Å². The number of alkyl halides is 2. The molecule has 0 heterocycles. The predicted molar refractivity (Wildman–Crippen MR) is 75.5 cm³/mol. The van der Waals surface area contributed by atoms with Crippen molar-refractivity contribution in [2.45, 2.75) is 52.8 Å². The minimum Gasteiger partial charge on any atom is -0.490 e. The number of hydrogen-bond acceptors (Lipinski definition) is 3. The number of ether oxygens (including phenoxy) is 2. The van der Waals surface area contributed by atoms with Gasteiger partial charge in [0.25, 0.3) is 0 Å². The molecule has 0 aliphatic carbocycles. The van der Waals surface area contributed by atoms with E-state index in [1.807, 2.05) is 0 Å². The summed E-state index contributed by atoms with van der Waals surface area (Å²) in [5.74, 6) is 0.435. The van der Waals surface area contributed by atoms with Gasteiger partial charge in [0.05, 0.1) is 6.61 Å². The molecular weight excluding hydrogens is 264 g/mol. The molecule has 1 N–H and O–H groups in total. The highest BCUT2D eigenvalue weighted by Crippen LogP contribution is 2.29. The maximum absolute atomic E-state index is 12.3. The van der Waals surface area contributed by atoms with Crippen LogP contribution in [0.25, 0.3) is 0 Å². The summed E-state index contributed by atoms with van der Waals surface area (Å²) in [7, 11) is 0. The lowest BCUT2D eigenvalue weighted by Gasteiger charge is -2.16. The van der Waals surface area contributed by atoms with E-state index in [1.165, 1.54) is 6.07 Å². The molecule has 0 bridgehead atoms. The highest BCUT2D eigenvalue weighted by molar-refractivity contribution is 5.43. The van der Waals surface area contributed by atoms with Gasteiger partial charge in [-0.15, -0.1) is 0 Å². The van der Waals surface area contributed by atoms with E-state index in [9.17, 15) is 8.78 Å². The normalized spacial score (nSPS) is 11.2. The summed E-state index contributed by atoms with van der Waals surface area (Å²) in [6.07, 6.45) is 2.11. The van der Waals surface area contributed by atoms with Crippen LogP contribution in [0.2, 0.25) is 0 Å². The highest BCUT2D eigenvalue weighted by atomic mass is 19.3. The third kappa shape index (κ3) is 5.33. The molecule has 0 unspecified atom stereocenters. The summed E-state index contributed by atoms with van der Waals surface area (Å²) < 4.78 is 34.4. The molecule has 1 aromatic carbocycles. The predicted octanol–water partition coefficient (Wildman–Crippen LogP) is 3.96. The Morgan fingerprint density at radius 1 is 1.10 bits per heavy atom. The molecule has 3 nitrogen and oxygen atoms in total. The van der Waals surface area contributed by atoms with Gasteiger partial charge in [-0.2, -0.15) is 8.78 Å². The van der Waals surface area contributed by atoms with Gasteiger partial charge in [-0.1, -0.05) is 19.9 Å². The molecule has 0 saturated heterocycles. The molecule has 0 radical (unpaired) electrons. The minimum atomic E-state index is -2.84. The second kappa shape index (κ2) is 8.74. The molecule has 0 amide bonds. The van der Waals surface area contributed by atoms with E-state index in [2.05, 4.69) is 23.9 Å². The van der Waals surface area contributed by atoms with Gasteiger partial charge in [0, 0.05) is 12.6 Å². The number of rotatable bonds is 9. The Morgan fingerprint density at radius 2 is 1.80 bits per heavy atom. The van der Waals surface area contributed by atoms with E-state index in [0.717, 1.165) is 18.4 Å². The van der Waals surface area contributed by atoms with Crippen LogP contribution in [0.5, 0.6) is 11.5 Å². The van der Waals surface area contributed by atoms with Gasteiger partial charge in [-0.25, -0.2) is 0 Å². The average molecular weight is 287 g/mol. The average Bonchev–Trinajstić information content (AvgIpc) is 2.42. The smallest absolute Gasteiger partial charge is 0.387 e. The van der Waals surface area contributed by atoms with Crippen LogP contribution in [0.15, 0.2) is 18.2 Å². The first-order chi connectivity index (χ1) is 9.60. The molecule has 1 aromatic rings. The maximum Gasteiger partial charge on any atom is 0.387 e. The maximum atomic E-state index is 12.3. The monoisotopic (exact) mass is 287 g/mol. The SMILES string of the molecule is CCOc1cc(CNC(CC)CC)ccc1OC(F)F. The largest absolute Gasteiger partial charge is 0.490 e. The van der Waals surface area contributed by atoms with E-state index in [4.69, 9.17) is 4.74 Å². The van der Waals surface area contributed by atoms with E-state index < -0.39 is 6.61 Å². The minimum absolute atomic E-state index is 0.0770. The van der Waals surface area contributed by atoms with Gasteiger partial charge in [-0.3, -0.25) is 0 Å². The Kier molecular flexibility index (Phi) is 7.30. The summed E-state index contributed by atoms with van der Waals surface area (Å²) in [5.41, 5.74) is 0.988. The number of halogens is 2. The molecule has 114 valence electrons. The fourth-order valence-electron chi connectivity index (χ4n) is 1.96. The van der Waals surface area contributed by atoms with Crippen LogP contribution >= 0.6 is 0 Å². The van der Waals surface area contributed by atoms with Crippen LogP contribution in [0.1, 0.15) is 39.2 Å². The zero-order valence-corrected chi connectivity index (χ0v) is 12.3. The summed E-state index contributed by atoms with van der Waals surface area (Å²) in [6.45, 7) is 4.31. The van der Waals surface area contributed by atoms with Crippen molar-refractivity contribution in [2.24, 2.45) is 0 Å². The van der Waals surface area contributed by atoms with Crippen LogP contribution in [0, 0.1) is 0 Å². The van der Waals surface area contributed by atoms with Crippen molar-refractivity contribution < 1.29 is 18.3 Å². The van der Waals surface area contributed by atoms with Crippen molar-refractivity contribution in [3.05, 3.63) is 23.8 Å². The van der Waals surface area contributed by atoms with Crippen molar-refractivity contribution >= 4 is 0 Å². The van der Waals surface area contributed by atoms with Crippen LogP contribution in [0.3, 0.4) is 0 Å². The summed E-state index contributed by atoms with van der Waals surface area (Å²) in [6, 6.07) is 5.51. The standard InChI is InChI=1S/C15H23F2NO2/c1-4-12(5-2)18-10-11-7-8-13(20-15(16)17)14(9-11)19-6-3/h7-9,12,15,18H,4-6,10H2,1-3H3. The Labute approximate surface area is 119 Å². The van der Waals surface area contributed by atoms with Crippen LogP contribution in [0.4, 0.5) is 8.78 Å². The van der Waals surface area contributed by atoms with Gasteiger partial charge in [0.1, 0.15) is 0 Å². The van der Waals surface area contributed by atoms with Crippen molar-refractivity contribution in [3.63, 3.8) is 0 Å². The topological polar surface area (TPSA) is 30.5 Å². The molecule has 0 spiro atoms. The van der Waals surface area contributed by atoms with Crippen LogP contribution < -0.4 is 14.8 Å². The molecule has 20 heavy (non-hydrogen) atoms. The molecule has 0 aliphatic rings. The summed E-state index contributed by atoms with van der Waals surface area (Å²) >= 11 is 0. The van der Waals surface area contributed by atoms with E-state index >= 15 is 0 Å². The van der Waals surface area contributed by atoms with E-state index in [0.29, 0.717) is 24.9 Å².